The van der Waals surface area contributed by atoms with Gasteiger partial charge < -0.3 is 5.11 Å². The maximum atomic E-state index is 12.1. The number of carboxylic acids is 1. The molecular formula is C20H12N2O3. The van der Waals surface area contributed by atoms with Crippen LogP contribution in [0.4, 0.5) is 0 Å². The molecule has 0 saturated carbocycles. The van der Waals surface area contributed by atoms with E-state index in [0.29, 0.717) is 16.6 Å². The quantitative estimate of drug-likeness (QED) is 0.586. The Labute approximate surface area is 143 Å². The van der Waals surface area contributed by atoms with Crippen LogP contribution >= 0.6 is 0 Å². The lowest BCUT2D eigenvalue weighted by atomic mass is 10.0. The van der Waals surface area contributed by atoms with Crippen molar-refractivity contribution >= 4 is 34.3 Å². The van der Waals surface area contributed by atoms with E-state index in [-0.39, 0.29) is 11.3 Å². The Morgan fingerprint density at radius 3 is 2.40 bits per heavy atom. The van der Waals surface area contributed by atoms with Crippen LogP contribution in [0.25, 0.3) is 22.6 Å². The maximum Gasteiger partial charge on any atom is 0.377 e. The molecule has 1 heterocycles. The van der Waals surface area contributed by atoms with Gasteiger partial charge in [-0.25, -0.2) is 9.78 Å². The van der Waals surface area contributed by atoms with Crippen LogP contribution in [-0.4, -0.2) is 21.8 Å². The van der Waals surface area contributed by atoms with E-state index in [1.54, 1.807) is 42.5 Å². The molecule has 0 amide bonds. The number of carbonyl (C=O) groups excluding carboxylic acids is 1. The molecule has 0 bridgehead atoms. The monoisotopic (exact) mass is 328 g/mol. The molecule has 5 nitrogen and oxygen atoms in total. The number of aromatic nitrogens is 1. The molecular weight excluding hydrogens is 316 g/mol. The van der Waals surface area contributed by atoms with Crippen LogP contribution < -0.4 is 0 Å². The molecule has 0 unspecified atom stereocenters. The Bertz CT molecular complexity index is 1040. The van der Waals surface area contributed by atoms with Crippen LogP contribution in [0, 0.1) is 11.3 Å². The summed E-state index contributed by atoms with van der Waals surface area (Å²) in [5.41, 5.74) is 2.04. The van der Waals surface area contributed by atoms with E-state index in [1.807, 2.05) is 24.3 Å². The normalized spacial score (nSPS) is 11.1. The zero-order chi connectivity index (χ0) is 17.8. The number of para-hydroxylation sites is 1. The van der Waals surface area contributed by atoms with Crippen molar-refractivity contribution in [1.29, 1.82) is 5.26 Å². The average Bonchev–Trinajstić information content (AvgIpc) is 2.65. The zero-order valence-electron chi connectivity index (χ0n) is 13.0. The van der Waals surface area contributed by atoms with E-state index in [2.05, 4.69) is 4.98 Å². The molecule has 0 aliphatic carbocycles. The van der Waals surface area contributed by atoms with Gasteiger partial charge >= 0.3 is 5.97 Å². The lowest BCUT2D eigenvalue weighted by Gasteiger charge is -2.06. The summed E-state index contributed by atoms with van der Waals surface area (Å²) in [5, 5.41) is 18.9. The first-order chi connectivity index (χ1) is 12.1. The third-order valence-electron chi connectivity index (χ3n) is 3.66. The van der Waals surface area contributed by atoms with Crippen LogP contribution in [0.1, 0.15) is 16.8 Å². The summed E-state index contributed by atoms with van der Waals surface area (Å²) >= 11 is 0. The minimum absolute atomic E-state index is 0.0111. The van der Waals surface area contributed by atoms with Crippen LogP contribution in [0.3, 0.4) is 0 Å². The number of nitriles is 1. The Morgan fingerprint density at radius 1 is 1.00 bits per heavy atom. The van der Waals surface area contributed by atoms with Crippen molar-refractivity contribution in [1.82, 2.24) is 4.98 Å². The molecule has 25 heavy (non-hydrogen) atoms. The third kappa shape index (κ3) is 3.43. The van der Waals surface area contributed by atoms with Gasteiger partial charge in [-0.05, 0) is 35.9 Å². The van der Waals surface area contributed by atoms with E-state index in [9.17, 15) is 9.59 Å². The van der Waals surface area contributed by atoms with E-state index >= 15 is 0 Å². The highest BCUT2D eigenvalue weighted by Gasteiger charge is 2.21. The Balaban J connectivity index is 2.13. The summed E-state index contributed by atoms with van der Waals surface area (Å²) in [6.07, 6.45) is 1.47. The van der Waals surface area contributed by atoms with Gasteiger partial charge in [-0.1, -0.05) is 36.4 Å². The lowest BCUT2D eigenvalue weighted by molar-refractivity contribution is -0.146. The highest BCUT2D eigenvalue weighted by Crippen LogP contribution is 2.21. The summed E-state index contributed by atoms with van der Waals surface area (Å²) in [4.78, 5) is 27.8. The van der Waals surface area contributed by atoms with E-state index in [4.69, 9.17) is 10.4 Å². The highest BCUT2D eigenvalue weighted by atomic mass is 16.4. The Kier molecular flexibility index (Phi) is 4.36. The largest absolute Gasteiger partial charge is 0.475 e. The van der Waals surface area contributed by atoms with E-state index in [0.717, 1.165) is 5.39 Å². The fourth-order valence-corrected chi connectivity index (χ4v) is 2.41. The summed E-state index contributed by atoms with van der Waals surface area (Å²) in [6, 6.07) is 19.3. The van der Waals surface area contributed by atoms with Crippen molar-refractivity contribution < 1.29 is 14.7 Å². The van der Waals surface area contributed by atoms with Crippen LogP contribution in [-0.2, 0) is 9.59 Å². The predicted octanol–water partition coefficient (Wildman–Crippen LogP) is 3.30. The molecule has 0 radical (unpaired) electrons. The highest BCUT2D eigenvalue weighted by molar-refractivity contribution is 6.52. The van der Waals surface area contributed by atoms with E-state index < -0.39 is 11.8 Å². The fourth-order valence-electron chi connectivity index (χ4n) is 2.41. The average molecular weight is 328 g/mol. The van der Waals surface area contributed by atoms with E-state index in [1.165, 1.54) is 6.08 Å². The van der Waals surface area contributed by atoms with Gasteiger partial charge in [0, 0.05) is 5.39 Å². The number of fused-ring (bicyclic) bond motifs is 1. The zero-order valence-corrected chi connectivity index (χ0v) is 13.0. The van der Waals surface area contributed by atoms with Gasteiger partial charge in [0.05, 0.1) is 28.4 Å². The molecule has 0 aliphatic rings. The van der Waals surface area contributed by atoms with Crippen molar-refractivity contribution in [2.24, 2.45) is 0 Å². The second kappa shape index (κ2) is 6.77. The molecule has 1 aromatic heterocycles. The number of hydrogen-bond acceptors (Lipinski definition) is 4. The van der Waals surface area contributed by atoms with Gasteiger partial charge in [0.1, 0.15) is 0 Å². The predicted molar refractivity (Wildman–Crippen MR) is 93.4 cm³/mol. The topological polar surface area (TPSA) is 91.0 Å². The number of nitrogens with zero attached hydrogens (tertiary/aromatic N) is 2. The van der Waals surface area contributed by atoms with Crippen molar-refractivity contribution in [3.8, 4) is 6.07 Å². The molecule has 0 aliphatic heterocycles. The van der Waals surface area contributed by atoms with Crippen molar-refractivity contribution in [3.05, 3.63) is 77.5 Å². The second-order valence-corrected chi connectivity index (χ2v) is 5.32. The molecule has 1 N–H and O–H groups in total. The molecule has 0 atom stereocenters. The van der Waals surface area contributed by atoms with Gasteiger partial charge in [-0.15, -0.1) is 0 Å². The lowest BCUT2D eigenvalue weighted by Crippen LogP contribution is -2.15. The number of Topliss-reactive ketones (excluding diaryl/α,β-unsaturated/α-hetero) is 1. The number of benzene rings is 2. The van der Waals surface area contributed by atoms with Gasteiger partial charge in [0.2, 0.25) is 0 Å². The Morgan fingerprint density at radius 2 is 1.72 bits per heavy atom. The number of hydrogen-bond donors (Lipinski definition) is 1. The van der Waals surface area contributed by atoms with Gasteiger partial charge in [0.25, 0.3) is 5.78 Å². The summed E-state index contributed by atoms with van der Waals surface area (Å²) in [7, 11) is 0. The molecule has 0 fully saturated rings. The van der Waals surface area contributed by atoms with Gasteiger partial charge in [-0.3, -0.25) is 4.79 Å². The SMILES string of the molecule is N#Cc1ccc(/C=C(\C(=O)C(=O)O)c2ccc3ccccc3n2)cc1. The number of carboxylic acid groups (broad SMARTS) is 1. The second-order valence-electron chi connectivity index (χ2n) is 5.32. The standard InChI is InChI=1S/C20H12N2O3/c21-12-14-7-5-13(6-8-14)11-16(19(23)20(24)25)18-10-9-15-3-1-2-4-17(15)22-18/h1-11H,(H,24,25)/b16-11-. The number of rotatable bonds is 4. The van der Waals surface area contributed by atoms with Crippen LogP contribution in [0.5, 0.6) is 0 Å². The molecule has 5 heteroatoms. The van der Waals surface area contributed by atoms with Crippen LogP contribution in [0.15, 0.2) is 60.7 Å². The maximum absolute atomic E-state index is 12.1. The molecule has 3 rings (SSSR count). The number of aliphatic carboxylic acids is 1. The van der Waals surface area contributed by atoms with Crippen molar-refractivity contribution in [2.75, 3.05) is 0 Å². The molecule has 2 aromatic carbocycles. The summed E-state index contributed by atoms with van der Waals surface area (Å²) < 4.78 is 0. The van der Waals surface area contributed by atoms with Gasteiger partial charge in [0.15, 0.2) is 0 Å². The minimum Gasteiger partial charge on any atom is -0.475 e. The molecule has 0 saturated heterocycles. The van der Waals surface area contributed by atoms with Crippen LogP contribution in [0.2, 0.25) is 0 Å². The first-order valence-electron chi connectivity index (χ1n) is 7.44. The number of ketones is 1. The summed E-state index contributed by atoms with van der Waals surface area (Å²) in [6.45, 7) is 0. The third-order valence-corrected chi connectivity index (χ3v) is 3.66. The number of carbonyl (C=O) groups is 2. The Hall–Kier alpha value is -3.78. The number of pyridine rings is 1. The summed E-state index contributed by atoms with van der Waals surface area (Å²) in [5.74, 6) is -2.58. The first-order valence-corrected chi connectivity index (χ1v) is 7.44. The minimum atomic E-state index is -1.55. The molecule has 0 spiro atoms. The fraction of sp³-hybridized carbons (Fsp3) is 0. The van der Waals surface area contributed by atoms with Gasteiger partial charge in [-0.2, -0.15) is 5.26 Å². The smallest absolute Gasteiger partial charge is 0.377 e. The van der Waals surface area contributed by atoms with Crippen molar-refractivity contribution in [3.63, 3.8) is 0 Å². The van der Waals surface area contributed by atoms with Crippen molar-refractivity contribution in [2.45, 2.75) is 0 Å². The molecule has 120 valence electrons. The first kappa shape index (κ1) is 16.1. The molecule has 3 aromatic rings.